The van der Waals surface area contributed by atoms with Gasteiger partial charge < -0.3 is 38.3 Å². The third kappa shape index (κ3) is 13.9. The lowest BCUT2D eigenvalue weighted by molar-refractivity contribution is -0.246. The van der Waals surface area contributed by atoms with E-state index in [2.05, 4.69) is 10.3 Å². The van der Waals surface area contributed by atoms with E-state index in [4.69, 9.17) is 28.1 Å². The van der Waals surface area contributed by atoms with E-state index in [-0.39, 0.29) is 30.7 Å². The first-order valence-corrected chi connectivity index (χ1v) is 18.3. The average Bonchev–Trinajstić information content (AvgIpc) is 3.87. The highest BCUT2D eigenvalue weighted by Crippen LogP contribution is 2.30. The number of carbonyl (C=O) groups is 5. The molecule has 0 radical (unpaired) electrons. The summed E-state index contributed by atoms with van der Waals surface area (Å²) in [5, 5.41) is 13.8. The first kappa shape index (κ1) is 47.7. The number of hydrogen-bond acceptors (Lipinski definition) is 13. The topological polar surface area (TPSA) is 196 Å². The van der Waals surface area contributed by atoms with Gasteiger partial charge in [-0.2, -0.15) is 5.06 Å². The van der Waals surface area contributed by atoms with Crippen LogP contribution in [0.15, 0.2) is 95.2 Å². The minimum atomic E-state index is -2.25. The molecular weight excluding hydrogens is 740 g/mol. The molecule has 0 spiro atoms. The summed E-state index contributed by atoms with van der Waals surface area (Å²) in [5.74, 6) is -2.05. The zero-order valence-corrected chi connectivity index (χ0v) is 34.1. The van der Waals surface area contributed by atoms with Crippen LogP contribution in [0, 0.1) is 12.3 Å². The van der Waals surface area contributed by atoms with Crippen molar-refractivity contribution in [2.24, 2.45) is 5.41 Å². The monoisotopic (exact) mass is 796 g/mol. The first-order valence-electron chi connectivity index (χ1n) is 18.3. The lowest BCUT2D eigenvalue weighted by Gasteiger charge is -2.38. The fraction of sp³-hybridized carbons (Fsp3) is 0.463. The summed E-state index contributed by atoms with van der Waals surface area (Å²) >= 11 is 0. The van der Waals surface area contributed by atoms with E-state index in [9.17, 15) is 29.2 Å². The number of ether oxygens (including phenoxy) is 5. The van der Waals surface area contributed by atoms with Crippen molar-refractivity contribution in [3.63, 3.8) is 0 Å². The number of hydrogen-bond donors (Lipinski definition) is 2. The Morgan fingerprint density at radius 1 is 1.04 bits per heavy atom. The number of rotatable bonds is 21. The van der Waals surface area contributed by atoms with Gasteiger partial charge in [0.25, 0.3) is 17.5 Å². The van der Waals surface area contributed by atoms with Gasteiger partial charge in [-0.15, -0.1) is 0 Å². The average molecular weight is 797 g/mol. The van der Waals surface area contributed by atoms with Crippen molar-refractivity contribution in [1.29, 1.82) is 0 Å². The number of allylic oxidation sites excluding steroid dienone is 11. The van der Waals surface area contributed by atoms with Gasteiger partial charge in [-0.25, -0.2) is 9.78 Å². The Kier molecular flexibility index (Phi) is 19.8. The highest BCUT2D eigenvalue weighted by atomic mass is 16.8. The fourth-order valence-electron chi connectivity index (χ4n) is 5.45. The van der Waals surface area contributed by atoms with Crippen LogP contribution < -0.4 is 5.32 Å². The summed E-state index contributed by atoms with van der Waals surface area (Å²) in [4.78, 5) is 69.4. The summed E-state index contributed by atoms with van der Waals surface area (Å²) in [7, 11) is 3.81. The summed E-state index contributed by atoms with van der Waals surface area (Å²) in [6.07, 6.45) is 22.4. The molecule has 2 heterocycles. The second-order valence-electron chi connectivity index (χ2n) is 13.4. The van der Waals surface area contributed by atoms with Crippen molar-refractivity contribution >= 4 is 29.7 Å². The number of esters is 2. The first-order chi connectivity index (χ1) is 27.1. The van der Waals surface area contributed by atoms with Crippen LogP contribution in [0.4, 0.5) is 0 Å². The van der Waals surface area contributed by atoms with Gasteiger partial charge >= 0.3 is 11.9 Å². The molecule has 2 N–H and O–H groups in total. The van der Waals surface area contributed by atoms with Crippen LogP contribution in [-0.4, -0.2) is 115 Å². The van der Waals surface area contributed by atoms with Crippen LogP contribution in [0.3, 0.4) is 0 Å². The molecule has 3 amide bonds. The number of oxazole rings is 1. The van der Waals surface area contributed by atoms with Crippen molar-refractivity contribution in [3.8, 4) is 0 Å². The largest absolute Gasteiger partial charge is 0.467 e. The van der Waals surface area contributed by atoms with Crippen LogP contribution in [0.5, 0.6) is 0 Å². The smallest absolute Gasteiger partial charge is 0.331 e. The molecule has 1 aliphatic heterocycles. The SMILES string of the molecule is CCC(=O)OC(\C(C)=C/C=C\C=C\Cc1cnc(C)o1)C(C)(C)C(=O)NC\C=C/C=C/C=C/C=C/C(=O)N(O)C1(C(=O)N(C)C(C(=O)OC)C(C)OC)COCO1. The zero-order valence-electron chi connectivity index (χ0n) is 34.1. The van der Waals surface area contributed by atoms with E-state index in [0.717, 1.165) is 23.8 Å². The molecule has 4 atom stereocenters. The molecule has 1 aromatic rings. The maximum absolute atomic E-state index is 13.5. The Morgan fingerprint density at radius 2 is 1.68 bits per heavy atom. The predicted octanol–water partition coefficient (Wildman–Crippen LogP) is 4.23. The van der Waals surface area contributed by atoms with Crippen LogP contribution in [-0.2, 0) is 54.1 Å². The van der Waals surface area contributed by atoms with Crippen molar-refractivity contribution in [1.82, 2.24) is 20.3 Å². The van der Waals surface area contributed by atoms with Crippen LogP contribution in [0.2, 0.25) is 0 Å². The van der Waals surface area contributed by atoms with Gasteiger partial charge in [0.2, 0.25) is 5.91 Å². The van der Waals surface area contributed by atoms with Crippen LogP contribution >= 0.6 is 0 Å². The highest BCUT2D eigenvalue weighted by Gasteiger charge is 2.55. The van der Waals surface area contributed by atoms with Crippen molar-refractivity contribution < 1.29 is 57.3 Å². The van der Waals surface area contributed by atoms with E-state index in [0.29, 0.717) is 17.9 Å². The summed E-state index contributed by atoms with van der Waals surface area (Å²) in [6, 6.07) is -1.20. The molecule has 1 aromatic heterocycles. The molecule has 0 bridgehead atoms. The van der Waals surface area contributed by atoms with E-state index in [1.807, 2.05) is 24.3 Å². The molecule has 1 saturated heterocycles. The van der Waals surface area contributed by atoms with Crippen LogP contribution in [0.25, 0.3) is 0 Å². The number of aryl methyl sites for hydroxylation is 1. The van der Waals surface area contributed by atoms with Gasteiger partial charge in [-0.05, 0) is 33.3 Å². The quantitative estimate of drug-likeness (QED) is 0.0591. The van der Waals surface area contributed by atoms with Gasteiger partial charge in [0.05, 0.1) is 24.8 Å². The molecule has 16 nitrogen and oxygen atoms in total. The van der Waals surface area contributed by atoms with Gasteiger partial charge in [-0.1, -0.05) is 79.8 Å². The third-order valence-corrected chi connectivity index (χ3v) is 8.77. The van der Waals surface area contributed by atoms with Crippen molar-refractivity contribution in [2.75, 3.05) is 41.2 Å². The molecule has 16 heteroatoms. The maximum Gasteiger partial charge on any atom is 0.331 e. The number of likely N-dealkylation sites (N-methyl/N-ethyl adjacent to an activating group) is 1. The summed E-state index contributed by atoms with van der Waals surface area (Å²) in [6.45, 7) is 9.60. The Hall–Kier alpha value is -5.42. The van der Waals surface area contributed by atoms with E-state index in [1.54, 1.807) is 84.2 Å². The number of methoxy groups -OCH3 is 2. The normalized spacial score (nSPS) is 18.2. The number of nitrogens with one attached hydrogen (secondary N) is 1. The second kappa shape index (κ2) is 23.6. The number of hydroxylamine groups is 2. The zero-order chi connectivity index (χ0) is 42.6. The molecule has 1 aliphatic rings. The Labute approximate surface area is 334 Å². The number of aromatic nitrogens is 1. The minimum Gasteiger partial charge on any atom is -0.467 e. The molecular formula is C41H56N4O12. The molecule has 0 aliphatic carbocycles. The Balaban J connectivity index is 1.96. The van der Waals surface area contributed by atoms with Gasteiger partial charge in [0, 0.05) is 46.5 Å². The fourth-order valence-corrected chi connectivity index (χ4v) is 5.45. The van der Waals surface area contributed by atoms with E-state index < -0.39 is 59.7 Å². The minimum absolute atomic E-state index is 0.122. The number of amides is 3. The van der Waals surface area contributed by atoms with E-state index in [1.165, 1.54) is 26.3 Å². The number of carbonyl (C=O) groups excluding carboxylic acids is 5. The van der Waals surface area contributed by atoms with Crippen molar-refractivity contribution in [2.45, 2.75) is 78.4 Å². The number of nitrogens with zero attached hydrogens (tertiary/aromatic N) is 3. The molecule has 4 unspecified atom stereocenters. The maximum atomic E-state index is 13.5. The second-order valence-corrected chi connectivity index (χ2v) is 13.4. The van der Waals surface area contributed by atoms with Gasteiger partial charge in [0.15, 0.2) is 18.7 Å². The standard InChI is InChI=1S/C41H56N4O12/c1-10-34(47)57-36(29(2)22-18-15-16-19-23-32-26-43-31(4)56-32)40(5,6)38(49)42-25-21-17-13-11-12-14-20-24-33(46)45(51)41(27-54-28-55-41)39(50)44(7)35(30(3)52-8)37(48)53-9/h11-22,24,26,30,35-36,51H,10,23,25,27-28H2,1-9H3,(H,42,49)/b13-11+,14-12+,18-15-,19-16+,21-17-,24-20+,29-22-. The highest BCUT2D eigenvalue weighted by molar-refractivity contribution is 5.95. The Bertz CT molecular complexity index is 1730. The predicted molar refractivity (Wildman–Crippen MR) is 209 cm³/mol. The third-order valence-electron chi connectivity index (χ3n) is 8.77. The summed E-state index contributed by atoms with van der Waals surface area (Å²) < 4.78 is 31.8. The molecule has 0 aromatic carbocycles. The lowest BCUT2D eigenvalue weighted by atomic mass is 9.81. The van der Waals surface area contributed by atoms with Gasteiger partial charge in [0.1, 0.15) is 18.5 Å². The molecule has 312 valence electrons. The lowest BCUT2D eigenvalue weighted by Crippen LogP contribution is -2.64. The molecule has 1 fully saturated rings. The molecule has 57 heavy (non-hydrogen) atoms. The Morgan fingerprint density at radius 3 is 2.28 bits per heavy atom. The molecule has 0 saturated carbocycles. The van der Waals surface area contributed by atoms with Gasteiger partial charge in [-0.3, -0.25) is 24.4 Å². The van der Waals surface area contributed by atoms with Crippen LogP contribution in [0.1, 0.15) is 52.7 Å². The summed E-state index contributed by atoms with van der Waals surface area (Å²) in [5.41, 5.74) is -2.64. The van der Waals surface area contributed by atoms with Crippen molar-refractivity contribution in [3.05, 3.63) is 102 Å². The molecule has 2 rings (SSSR count). The van der Waals surface area contributed by atoms with E-state index >= 15 is 0 Å².